The Kier molecular flexibility index (Phi) is 1.52. The van der Waals surface area contributed by atoms with Crippen molar-refractivity contribution in [1.29, 1.82) is 0 Å². The second kappa shape index (κ2) is 2.18. The highest BCUT2D eigenvalue weighted by Crippen LogP contribution is 2.07. The summed E-state index contributed by atoms with van der Waals surface area (Å²) in [6.07, 6.45) is 3.78. The van der Waals surface area contributed by atoms with Crippen LogP contribution in [0.25, 0.3) is 0 Å². The van der Waals surface area contributed by atoms with Gasteiger partial charge in [-0.05, 0) is 37.5 Å². The summed E-state index contributed by atoms with van der Waals surface area (Å²) in [5.41, 5.74) is 3.90. The van der Waals surface area contributed by atoms with E-state index >= 15 is 0 Å². The molecule has 1 rings (SSSR count). The Hall–Kier alpha value is -0.850. The molecule has 9 heavy (non-hydrogen) atoms. The minimum Gasteiger partial charge on any atom is -0.264 e. The number of pyridine rings is 1. The van der Waals surface area contributed by atoms with Crippen LogP contribution in [0, 0.1) is 20.8 Å². The van der Waals surface area contributed by atoms with E-state index < -0.39 is 0 Å². The van der Waals surface area contributed by atoms with Crippen molar-refractivity contribution >= 4 is 0 Å². The van der Waals surface area contributed by atoms with E-state index in [1.807, 2.05) is 12.4 Å². The first kappa shape index (κ1) is 6.27. The van der Waals surface area contributed by atoms with Gasteiger partial charge in [-0.3, -0.25) is 4.98 Å². The molecule has 1 heteroatoms. The van der Waals surface area contributed by atoms with Crippen LogP contribution in [-0.2, 0) is 0 Å². The molecule has 0 unspecified atom stereocenters. The van der Waals surface area contributed by atoms with Crippen molar-refractivity contribution in [3.05, 3.63) is 29.1 Å². The van der Waals surface area contributed by atoms with Crippen molar-refractivity contribution < 1.29 is 0 Å². The number of hydrogen-bond donors (Lipinski definition) is 0. The minimum absolute atomic E-state index is 1.27. The highest BCUT2D eigenvalue weighted by atomic mass is 14.6. The van der Waals surface area contributed by atoms with E-state index in [1.165, 1.54) is 16.7 Å². The van der Waals surface area contributed by atoms with Gasteiger partial charge in [0.05, 0.1) is 0 Å². The molecule has 0 spiro atoms. The molecule has 0 aliphatic rings. The standard InChI is InChI=1S/C8H11N/c1-6-4-9-5-7(2)8(6)3/h4-5H,1-3H3. The van der Waals surface area contributed by atoms with Crippen LogP contribution in [-0.4, -0.2) is 4.98 Å². The average Bonchev–Trinajstić information content (AvgIpc) is 1.83. The molecule has 1 nitrogen and oxygen atoms in total. The first-order valence-electron chi connectivity index (χ1n) is 3.09. The molecule has 48 valence electrons. The fourth-order valence-electron chi connectivity index (χ4n) is 0.766. The van der Waals surface area contributed by atoms with Crippen molar-refractivity contribution in [2.75, 3.05) is 0 Å². The maximum atomic E-state index is 4.04. The SMILES string of the molecule is Cc1cncc(C)c1C. The molecule has 0 aliphatic carbocycles. The Morgan fingerprint density at radius 2 is 1.44 bits per heavy atom. The maximum absolute atomic E-state index is 4.04. The van der Waals surface area contributed by atoms with Crippen LogP contribution in [0.3, 0.4) is 0 Å². The monoisotopic (exact) mass is 121 g/mol. The van der Waals surface area contributed by atoms with Gasteiger partial charge in [-0.2, -0.15) is 0 Å². The number of hydrogen-bond acceptors (Lipinski definition) is 1. The topological polar surface area (TPSA) is 12.9 Å². The van der Waals surface area contributed by atoms with Crippen molar-refractivity contribution in [3.8, 4) is 0 Å². The molecule has 0 fully saturated rings. The molecule has 0 aliphatic heterocycles. The fourth-order valence-corrected chi connectivity index (χ4v) is 0.766. The molecule has 1 aromatic heterocycles. The summed E-state index contributed by atoms with van der Waals surface area (Å²) in [7, 11) is 0. The van der Waals surface area contributed by atoms with Crippen LogP contribution in [0.15, 0.2) is 12.4 Å². The number of rotatable bonds is 0. The second-order valence-corrected chi connectivity index (χ2v) is 2.40. The average molecular weight is 121 g/mol. The van der Waals surface area contributed by atoms with Crippen molar-refractivity contribution in [1.82, 2.24) is 4.98 Å². The van der Waals surface area contributed by atoms with Crippen molar-refractivity contribution in [2.45, 2.75) is 20.8 Å². The first-order chi connectivity index (χ1) is 4.22. The number of aryl methyl sites for hydroxylation is 2. The van der Waals surface area contributed by atoms with Crippen LogP contribution in [0.2, 0.25) is 0 Å². The fraction of sp³-hybridized carbons (Fsp3) is 0.375. The van der Waals surface area contributed by atoms with Crippen LogP contribution in [0.5, 0.6) is 0 Å². The second-order valence-electron chi connectivity index (χ2n) is 2.40. The molecule has 0 aromatic carbocycles. The summed E-state index contributed by atoms with van der Waals surface area (Å²) in [5, 5.41) is 0. The number of aromatic nitrogens is 1. The quantitative estimate of drug-likeness (QED) is 0.511. The molecule has 0 radical (unpaired) electrons. The largest absolute Gasteiger partial charge is 0.264 e. The van der Waals surface area contributed by atoms with E-state index in [4.69, 9.17) is 0 Å². The number of nitrogens with zero attached hydrogens (tertiary/aromatic N) is 1. The van der Waals surface area contributed by atoms with Crippen LogP contribution in [0.1, 0.15) is 16.7 Å². The van der Waals surface area contributed by atoms with E-state index in [1.54, 1.807) is 0 Å². The molecule has 0 atom stereocenters. The van der Waals surface area contributed by atoms with Gasteiger partial charge in [0.25, 0.3) is 0 Å². The van der Waals surface area contributed by atoms with Crippen molar-refractivity contribution in [2.24, 2.45) is 0 Å². The van der Waals surface area contributed by atoms with E-state index in [-0.39, 0.29) is 0 Å². The lowest BCUT2D eigenvalue weighted by Gasteiger charge is -1.99. The van der Waals surface area contributed by atoms with E-state index in [9.17, 15) is 0 Å². The van der Waals surface area contributed by atoms with Gasteiger partial charge < -0.3 is 0 Å². The lowest BCUT2D eigenvalue weighted by atomic mass is 10.1. The third-order valence-electron chi connectivity index (χ3n) is 1.72. The van der Waals surface area contributed by atoms with E-state index in [0.29, 0.717) is 0 Å². The van der Waals surface area contributed by atoms with Crippen LogP contribution < -0.4 is 0 Å². The van der Waals surface area contributed by atoms with E-state index in [0.717, 1.165) is 0 Å². The minimum atomic E-state index is 1.27. The maximum Gasteiger partial charge on any atom is 0.0299 e. The molecule has 0 N–H and O–H groups in total. The molecule has 1 aromatic rings. The summed E-state index contributed by atoms with van der Waals surface area (Å²) in [6, 6.07) is 0. The lowest BCUT2D eigenvalue weighted by molar-refractivity contribution is 1.16. The third kappa shape index (κ3) is 1.10. The van der Waals surface area contributed by atoms with Gasteiger partial charge in [0.2, 0.25) is 0 Å². The van der Waals surface area contributed by atoms with Gasteiger partial charge in [0.15, 0.2) is 0 Å². The lowest BCUT2D eigenvalue weighted by Crippen LogP contribution is -1.86. The van der Waals surface area contributed by atoms with Gasteiger partial charge in [-0.15, -0.1) is 0 Å². The molecule has 1 heterocycles. The summed E-state index contributed by atoms with van der Waals surface area (Å²) in [6.45, 7) is 6.27. The van der Waals surface area contributed by atoms with Crippen LogP contribution in [0.4, 0.5) is 0 Å². The summed E-state index contributed by atoms with van der Waals surface area (Å²) >= 11 is 0. The van der Waals surface area contributed by atoms with Crippen molar-refractivity contribution in [3.63, 3.8) is 0 Å². The van der Waals surface area contributed by atoms with E-state index in [2.05, 4.69) is 25.8 Å². The zero-order valence-corrected chi connectivity index (χ0v) is 6.10. The van der Waals surface area contributed by atoms with Gasteiger partial charge in [0, 0.05) is 12.4 Å². The Balaban J connectivity index is 3.25. The Morgan fingerprint density at radius 1 is 1.00 bits per heavy atom. The third-order valence-corrected chi connectivity index (χ3v) is 1.72. The predicted octanol–water partition coefficient (Wildman–Crippen LogP) is 2.01. The molecular weight excluding hydrogens is 110 g/mol. The highest BCUT2D eigenvalue weighted by molar-refractivity contribution is 5.27. The van der Waals surface area contributed by atoms with Gasteiger partial charge >= 0.3 is 0 Å². The Labute approximate surface area is 55.7 Å². The molecule has 0 saturated heterocycles. The predicted molar refractivity (Wildman–Crippen MR) is 38.4 cm³/mol. The smallest absolute Gasteiger partial charge is 0.0299 e. The Bertz CT molecular complexity index is 196. The normalized spacial score (nSPS) is 9.67. The van der Waals surface area contributed by atoms with Gasteiger partial charge in [-0.25, -0.2) is 0 Å². The summed E-state index contributed by atoms with van der Waals surface area (Å²) < 4.78 is 0. The zero-order valence-electron chi connectivity index (χ0n) is 6.10. The van der Waals surface area contributed by atoms with Gasteiger partial charge in [-0.1, -0.05) is 0 Å². The van der Waals surface area contributed by atoms with Gasteiger partial charge in [0.1, 0.15) is 0 Å². The zero-order chi connectivity index (χ0) is 6.85. The molecule has 0 bridgehead atoms. The van der Waals surface area contributed by atoms with Crippen LogP contribution >= 0.6 is 0 Å². The Morgan fingerprint density at radius 3 is 1.78 bits per heavy atom. The summed E-state index contributed by atoms with van der Waals surface area (Å²) in [4.78, 5) is 4.04. The molecule has 0 amide bonds. The first-order valence-corrected chi connectivity index (χ1v) is 3.09. The molecule has 0 saturated carbocycles. The highest BCUT2D eigenvalue weighted by Gasteiger charge is 1.93. The molecular formula is C8H11N. The summed E-state index contributed by atoms with van der Waals surface area (Å²) in [5.74, 6) is 0.